The molecule has 1 heterocycles. The average molecular weight is 220 g/mol. The predicted octanol–water partition coefficient (Wildman–Crippen LogP) is 1.62. The van der Waals surface area contributed by atoms with Gasteiger partial charge in [-0.3, -0.25) is 10.4 Å². The number of nitrogens with one attached hydrogen (secondary N) is 1. The van der Waals surface area contributed by atoms with E-state index in [9.17, 15) is 0 Å². The highest BCUT2D eigenvalue weighted by Crippen LogP contribution is 2.03. The fourth-order valence-electron chi connectivity index (χ4n) is 1.58. The summed E-state index contributed by atoms with van der Waals surface area (Å²) in [6, 6.07) is 4.04. The van der Waals surface area contributed by atoms with Gasteiger partial charge in [0.1, 0.15) is 0 Å². The molecule has 0 radical (unpaired) electrons. The fourth-order valence-corrected chi connectivity index (χ4v) is 1.58. The van der Waals surface area contributed by atoms with Crippen molar-refractivity contribution in [3.63, 3.8) is 0 Å². The van der Waals surface area contributed by atoms with Crippen molar-refractivity contribution in [1.29, 1.82) is 5.41 Å². The van der Waals surface area contributed by atoms with Crippen LogP contribution in [0, 0.1) is 5.41 Å². The van der Waals surface area contributed by atoms with E-state index in [-0.39, 0.29) is 5.84 Å². The molecule has 0 aliphatic carbocycles. The molecule has 0 aliphatic heterocycles. The number of nitrogens with zero attached hydrogens (tertiary/aromatic N) is 2. The Morgan fingerprint density at radius 1 is 1.50 bits per heavy atom. The standard InChI is InChI=1S/C12H20N4/c1-16(8-3-2-6-12(13)14)10-11-5-4-7-15-9-11/h4-5,7,9H,2-3,6,8,10H2,1H3,(H3,13,14). The van der Waals surface area contributed by atoms with Crippen LogP contribution in [0.15, 0.2) is 24.5 Å². The largest absolute Gasteiger partial charge is 0.388 e. The molecule has 0 saturated carbocycles. The van der Waals surface area contributed by atoms with E-state index in [1.807, 2.05) is 12.3 Å². The zero-order chi connectivity index (χ0) is 11.8. The molecular weight excluding hydrogens is 200 g/mol. The maximum atomic E-state index is 7.12. The number of aromatic nitrogens is 1. The predicted molar refractivity (Wildman–Crippen MR) is 66.3 cm³/mol. The van der Waals surface area contributed by atoms with Crippen LogP contribution in [0.2, 0.25) is 0 Å². The number of amidine groups is 1. The van der Waals surface area contributed by atoms with Crippen LogP contribution in [0.25, 0.3) is 0 Å². The number of hydrogen-bond acceptors (Lipinski definition) is 3. The molecule has 3 N–H and O–H groups in total. The first kappa shape index (κ1) is 12.6. The Morgan fingerprint density at radius 2 is 2.31 bits per heavy atom. The molecule has 0 bridgehead atoms. The fraction of sp³-hybridized carbons (Fsp3) is 0.500. The quantitative estimate of drug-likeness (QED) is 0.417. The lowest BCUT2D eigenvalue weighted by Crippen LogP contribution is -2.19. The van der Waals surface area contributed by atoms with Crippen molar-refractivity contribution in [2.75, 3.05) is 13.6 Å². The lowest BCUT2D eigenvalue weighted by molar-refractivity contribution is 0.319. The monoisotopic (exact) mass is 220 g/mol. The Labute approximate surface area is 97.0 Å². The Bertz CT molecular complexity index is 310. The van der Waals surface area contributed by atoms with Crippen LogP contribution in [0.4, 0.5) is 0 Å². The molecule has 0 aromatic carbocycles. The molecule has 4 nitrogen and oxygen atoms in total. The van der Waals surface area contributed by atoms with Gasteiger partial charge in [-0.1, -0.05) is 6.07 Å². The van der Waals surface area contributed by atoms with Gasteiger partial charge in [0, 0.05) is 25.4 Å². The van der Waals surface area contributed by atoms with E-state index in [0.29, 0.717) is 6.42 Å². The summed E-state index contributed by atoms with van der Waals surface area (Å²) in [5.74, 6) is 0.287. The third kappa shape index (κ3) is 5.46. The van der Waals surface area contributed by atoms with Gasteiger partial charge < -0.3 is 10.6 Å². The van der Waals surface area contributed by atoms with Crippen LogP contribution < -0.4 is 5.73 Å². The Hall–Kier alpha value is -1.42. The number of hydrogen-bond donors (Lipinski definition) is 2. The summed E-state index contributed by atoms with van der Waals surface area (Å²) in [7, 11) is 2.10. The van der Waals surface area contributed by atoms with Gasteiger partial charge in [-0.05, 0) is 38.1 Å². The van der Waals surface area contributed by atoms with Crippen molar-refractivity contribution in [2.24, 2.45) is 5.73 Å². The van der Waals surface area contributed by atoms with Gasteiger partial charge in [-0.15, -0.1) is 0 Å². The van der Waals surface area contributed by atoms with Gasteiger partial charge in [-0.25, -0.2) is 0 Å². The molecule has 0 amide bonds. The molecule has 0 unspecified atom stereocenters. The summed E-state index contributed by atoms with van der Waals surface area (Å²) < 4.78 is 0. The van der Waals surface area contributed by atoms with Crippen LogP contribution in [0.3, 0.4) is 0 Å². The smallest absolute Gasteiger partial charge is 0.0905 e. The number of pyridine rings is 1. The SMILES string of the molecule is CN(CCCCC(=N)N)Cc1cccnc1. The zero-order valence-electron chi connectivity index (χ0n) is 9.82. The normalized spacial score (nSPS) is 10.6. The van der Waals surface area contributed by atoms with Crippen molar-refractivity contribution in [2.45, 2.75) is 25.8 Å². The van der Waals surface area contributed by atoms with Crippen molar-refractivity contribution < 1.29 is 0 Å². The Morgan fingerprint density at radius 3 is 2.94 bits per heavy atom. The topological polar surface area (TPSA) is 66.0 Å². The van der Waals surface area contributed by atoms with E-state index in [2.05, 4.69) is 23.0 Å². The minimum absolute atomic E-state index is 0.287. The minimum Gasteiger partial charge on any atom is -0.388 e. The summed E-state index contributed by atoms with van der Waals surface area (Å²) in [6.07, 6.45) is 6.46. The van der Waals surface area contributed by atoms with Crippen LogP contribution in [-0.2, 0) is 6.54 Å². The first-order valence-corrected chi connectivity index (χ1v) is 5.59. The summed E-state index contributed by atoms with van der Waals surface area (Å²) in [5.41, 5.74) is 6.53. The first-order valence-electron chi connectivity index (χ1n) is 5.59. The number of rotatable bonds is 7. The van der Waals surface area contributed by atoms with Crippen molar-refractivity contribution in [3.8, 4) is 0 Å². The lowest BCUT2D eigenvalue weighted by atomic mass is 10.2. The van der Waals surface area contributed by atoms with Gasteiger partial charge in [0.25, 0.3) is 0 Å². The van der Waals surface area contributed by atoms with Crippen molar-refractivity contribution in [1.82, 2.24) is 9.88 Å². The third-order valence-corrected chi connectivity index (χ3v) is 2.41. The van der Waals surface area contributed by atoms with E-state index < -0.39 is 0 Å². The molecule has 0 atom stereocenters. The Kier molecular flexibility index (Phi) is 5.50. The first-order chi connectivity index (χ1) is 7.68. The molecule has 4 heteroatoms. The summed E-state index contributed by atoms with van der Waals surface area (Å²) in [4.78, 5) is 6.35. The summed E-state index contributed by atoms with van der Waals surface area (Å²) in [5, 5.41) is 7.12. The molecule has 0 fully saturated rings. The van der Waals surface area contributed by atoms with Gasteiger partial charge in [0.15, 0.2) is 0 Å². The van der Waals surface area contributed by atoms with Gasteiger partial charge >= 0.3 is 0 Å². The molecular formula is C12H20N4. The highest BCUT2D eigenvalue weighted by molar-refractivity contribution is 5.76. The van der Waals surface area contributed by atoms with Crippen LogP contribution in [-0.4, -0.2) is 29.3 Å². The van der Waals surface area contributed by atoms with E-state index in [1.165, 1.54) is 5.56 Å². The highest BCUT2D eigenvalue weighted by atomic mass is 15.1. The molecule has 1 aromatic rings. The molecule has 0 spiro atoms. The van der Waals surface area contributed by atoms with Crippen molar-refractivity contribution in [3.05, 3.63) is 30.1 Å². The van der Waals surface area contributed by atoms with Crippen LogP contribution in [0.1, 0.15) is 24.8 Å². The van der Waals surface area contributed by atoms with E-state index >= 15 is 0 Å². The molecule has 88 valence electrons. The van der Waals surface area contributed by atoms with E-state index in [4.69, 9.17) is 11.1 Å². The summed E-state index contributed by atoms with van der Waals surface area (Å²) in [6.45, 7) is 1.95. The molecule has 0 saturated heterocycles. The average Bonchev–Trinajstić information content (AvgIpc) is 2.25. The van der Waals surface area contributed by atoms with E-state index in [1.54, 1.807) is 6.20 Å². The van der Waals surface area contributed by atoms with Gasteiger partial charge in [0.05, 0.1) is 5.84 Å². The second-order valence-corrected chi connectivity index (χ2v) is 4.08. The maximum Gasteiger partial charge on any atom is 0.0905 e. The number of nitrogens with two attached hydrogens (primary N) is 1. The van der Waals surface area contributed by atoms with Gasteiger partial charge in [0.2, 0.25) is 0 Å². The van der Waals surface area contributed by atoms with Gasteiger partial charge in [-0.2, -0.15) is 0 Å². The lowest BCUT2D eigenvalue weighted by Gasteiger charge is -2.16. The molecule has 0 aliphatic rings. The second kappa shape index (κ2) is 6.95. The van der Waals surface area contributed by atoms with Crippen LogP contribution >= 0.6 is 0 Å². The van der Waals surface area contributed by atoms with E-state index in [0.717, 1.165) is 25.9 Å². The third-order valence-electron chi connectivity index (χ3n) is 2.41. The Balaban J connectivity index is 2.16. The van der Waals surface area contributed by atoms with Crippen molar-refractivity contribution >= 4 is 5.84 Å². The maximum absolute atomic E-state index is 7.12. The minimum atomic E-state index is 0.287. The molecule has 16 heavy (non-hydrogen) atoms. The zero-order valence-corrected chi connectivity index (χ0v) is 9.82. The molecule has 1 aromatic heterocycles. The second-order valence-electron chi connectivity index (χ2n) is 4.08. The van der Waals surface area contributed by atoms with Crippen LogP contribution in [0.5, 0.6) is 0 Å². The molecule has 1 rings (SSSR count). The number of unbranched alkanes of at least 4 members (excludes halogenated alkanes) is 1. The highest BCUT2D eigenvalue weighted by Gasteiger charge is 2.00. The summed E-state index contributed by atoms with van der Waals surface area (Å²) >= 11 is 0.